The molecule has 1 aromatic heterocycles. The summed E-state index contributed by atoms with van der Waals surface area (Å²) in [6.07, 6.45) is 7.08. The van der Waals surface area contributed by atoms with Crippen LogP contribution in [0.1, 0.15) is 35.6 Å². The van der Waals surface area contributed by atoms with Crippen molar-refractivity contribution in [3.63, 3.8) is 0 Å². The van der Waals surface area contributed by atoms with Gasteiger partial charge in [-0.05, 0) is 42.2 Å². The van der Waals surface area contributed by atoms with Crippen molar-refractivity contribution in [1.29, 1.82) is 0 Å². The van der Waals surface area contributed by atoms with Gasteiger partial charge >= 0.3 is 0 Å². The second-order valence-electron chi connectivity index (χ2n) is 7.42. The zero-order chi connectivity index (χ0) is 18.2. The maximum atomic E-state index is 9.56. The van der Waals surface area contributed by atoms with Gasteiger partial charge in [0.2, 0.25) is 0 Å². The molecule has 0 amide bonds. The molecule has 0 saturated heterocycles. The van der Waals surface area contributed by atoms with E-state index in [0.29, 0.717) is 24.9 Å². The summed E-state index contributed by atoms with van der Waals surface area (Å²) < 4.78 is 6.02. The molecule has 5 rings (SSSR count). The molecule has 4 nitrogen and oxygen atoms in total. The van der Waals surface area contributed by atoms with Crippen LogP contribution in [-0.4, -0.2) is 15.9 Å². The SMILES string of the molecule is O/N=C1\Cc2c([nH]c3ccc(OCc4ccccc4)cc23)C2CC=CCC12. The van der Waals surface area contributed by atoms with E-state index in [4.69, 9.17) is 4.74 Å². The number of rotatable bonds is 3. The highest BCUT2D eigenvalue weighted by Crippen LogP contribution is 2.44. The Kier molecular flexibility index (Phi) is 3.97. The quantitative estimate of drug-likeness (QED) is 0.385. The molecule has 0 aliphatic heterocycles. The smallest absolute Gasteiger partial charge is 0.120 e. The van der Waals surface area contributed by atoms with E-state index in [1.165, 1.54) is 16.6 Å². The largest absolute Gasteiger partial charge is 0.489 e. The van der Waals surface area contributed by atoms with Crippen LogP contribution in [0, 0.1) is 5.92 Å². The lowest BCUT2D eigenvalue weighted by Gasteiger charge is -2.33. The minimum absolute atomic E-state index is 0.300. The van der Waals surface area contributed by atoms with Crippen LogP contribution in [0.15, 0.2) is 65.8 Å². The fourth-order valence-electron chi connectivity index (χ4n) is 4.51. The average molecular weight is 358 g/mol. The van der Waals surface area contributed by atoms with Crippen molar-refractivity contribution in [1.82, 2.24) is 4.98 Å². The van der Waals surface area contributed by atoms with E-state index < -0.39 is 0 Å². The van der Waals surface area contributed by atoms with Crippen molar-refractivity contribution in [2.75, 3.05) is 0 Å². The number of ether oxygens (including phenoxy) is 1. The van der Waals surface area contributed by atoms with Crippen molar-refractivity contribution >= 4 is 16.6 Å². The van der Waals surface area contributed by atoms with Gasteiger partial charge < -0.3 is 14.9 Å². The molecule has 2 aromatic carbocycles. The van der Waals surface area contributed by atoms with Gasteiger partial charge in [0.25, 0.3) is 0 Å². The van der Waals surface area contributed by atoms with Crippen molar-refractivity contribution in [2.45, 2.75) is 31.8 Å². The molecule has 0 spiro atoms. The van der Waals surface area contributed by atoms with Crippen LogP contribution in [0.5, 0.6) is 5.75 Å². The van der Waals surface area contributed by atoms with Gasteiger partial charge in [-0.1, -0.05) is 47.6 Å². The molecular formula is C23H22N2O2. The molecule has 2 atom stereocenters. The van der Waals surface area contributed by atoms with E-state index >= 15 is 0 Å². The third-order valence-electron chi connectivity index (χ3n) is 5.88. The Balaban J connectivity index is 1.50. The number of aromatic nitrogens is 1. The molecule has 136 valence electrons. The molecule has 2 N–H and O–H groups in total. The number of hydrogen-bond acceptors (Lipinski definition) is 3. The first kappa shape index (κ1) is 16.2. The van der Waals surface area contributed by atoms with E-state index in [1.54, 1.807) is 0 Å². The Morgan fingerprint density at radius 3 is 2.67 bits per heavy atom. The molecule has 0 bridgehead atoms. The monoisotopic (exact) mass is 358 g/mol. The van der Waals surface area contributed by atoms with Crippen molar-refractivity contribution in [2.24, 2.45) is 11.1 Å². The van der Waals surface area contributed by atoms with Gasteiger partial charge in [0.05, 0.1) is 5.71 Å². The molecule has 1 heterocycles. The molecule has 4 heteroatoms. The zero-order valence-electron chi connectivity index (χ0n) is 15.1. The highest BCUT2D eigenvalue weighted by atomic mass is 16.5. The summed E-state index contributed by atoms with van der Waals surface area (Å²) in [4.78, 5) is 3.63. The van der Waals surface area contributed by atoms with E-state index in [0.717, 1.165) is 35.4 Å². The number of fused-ring (bicyclic) bond motifs is 5. The Labute approximate surface area is 158 Å². The first-order valence-electron chi connectivity index (χ1n) is 9.50. The van der Waals surface area contributed by atoms with Crippen LogP contribution in [0.25, 0.3) is 10.9 Å². The lowest BCUT2D eigenvalue weighted by atomic mass is 9.71. The summed E-state index contributed by atoms with van der Waals surface area (Å²) in [6, 6.07) is 16.4. The van der Waals surface area contributed by atoms with E-state index in [1.807, 2.05) is 24.3 Å². The Morgan fingerprint density at radius 2 is 1.85 bits per heavy atom. The van der Waals surface area contributed by atoms with Crippen LogP contribution in [0.3, 0.4) is 0 Å². The van der Waals surface area contributed by atoms with Gasteiger partial charge in [0.1, 0.15) is 12.4 Å². The van der Waals surface area contributed by atoms with Gasteiger partial charge in [0.15, 0.2) is 0 Å². The third kappa shape index (κ3) is 2.81. The van der Waals surface area contributed by atoms with Gasteiger partial charge in [-0.25, -0.2) is 0 Å². The first-order valence-corrected chi connectivity index (χ1v) is 9.50. The highest BCUT2D eigenvalue weighted by molar-refractivity contribution is 5.97. The van der Waals surface area contributed by atoms with Gasteiger partial charge in [-0.15, -0.1) is 0 Å². The topological polar surface area (TPSA) is 57.6 Å². The van der Waals surface area contributed by atoms with E-state index in [2.05, 4.69) is 46.6 Å². The lowest BCUT2D eigenvalue weighted by Crippen LogP contribution is -2.31. The Hall–Kier alpha value is -3.01. The standard InChI is InChI=1S/C23H22N2O2/c26-25-22-13-20-19-12-16(27-14-15-6-2-1-3-7-15)10-11-21(19)24-23(20)18-9-5-4-8-17(18)22/h1-7,10-12,17-18,24,26H,8-9,13-14H2/b25-22+. The summed E-state index contributed by atoms with van der Waals surface area (Å²) in [7, 11) is 0. The number of H-pyrrole nitrogens is 1. The average Bonchev–Trinajstić information content (AvgIpc) is 3.10. The summed E-state index contributed by atoms with van der Waals surface area (Å²) in [5.41, 5.74) is 5.72. The maximum Gasteiger partial charge on any atom is 0.120 e. The van der Waals surface area contributed by atoms with Crippen molar-refractivity contribution in [3.8, 4) is 5.75 Å². The second kappa shape index (κ2) is 6.62. The van der Waals surface area contributed by atoms with Crippen LogP contribution in [0.2, 0.25) is 0 Å². The Bertz CT molecular complexity index is 1030. The van der Waals surface area contributed by atoms with Crippen LogP contribution < -0.4 is 4.74 Å². The van der Waals surface area contributed by atoms with Gasteiger partial charge in [0, 0.05) is 34.9 Å². The summed E-state index contributed by atoms with van der Waals surface area (Å²) in [5.74, 6) is 1.53. The van der Waals surface area contributed by atoms with E-state index in [-0.39, 0.29) is 0 Å². The molecule has 2 aliphatic carbocycles. The number of hydrogen-bond donors (Lipinski definition) is 2. The Morgan fingerprint density at radius 1 is 1.04 bits per heavy atom. The third-order valence-corrected chi connectivity index (χ3v) is 5.88. The van der Waals surface area contributed by atoms with Crippen LogP contribution in [0.4, 0.5) is 0 Å². The van der Waals surface area contributed by atoms with Crippen LogP contribution >= 0.6 is 0 Å². The summed E-state index contributed by atoms with van der Waals surface area (Å²) >= 11 is 0. The highest BCUT2D eigenvalue weighted by Gasteiger charge is 2.36. The molecule has 3 aromatic rings. The number of allylic oxidation sites excluding steroid dienone is 2. The van der Waals surface area contributed by atoms with Crippen LogP contribution in [-0.2, 0) is 13.0 Å². The molecule has 27 heavy (non-hydrogen) atoms. The second-order valence-corrected chi connectivity index (χ2v) is 7.42. The minimum atomic E-state index is 0.300. The zero-order valence-corrected chi connectivity index (χ0v) is 15.1. The molecule has 0 fully saturated rings. The molecule has 0 radical (unpaired) electrons. The van der Waals surface area contributed by atoms with Crippen molar-refractivity contribution < 1.29 is 9.94 Å². The predicted octanol–water partition coefficient (Wildman–Crippen LogP) is 5.18. The van der Waals surface area contributed by atoms with Gasteiger partial charge in [-0.3, -0.25) is 0 Å². The molecule has 2 aliphatic rings. The number of oxime groups is 1. The maximum absolute atomic E-state index is 9.56. The fraction of sp³-hybridized carbons (Fsp3) is 0.261. The number of nitrogens with one attached hydrogen (secondary N) is 1. The van der Waals surface area contributed by atoms with Gasteiger partial charge in [-0.2, -0.15) is 0 Å². The molecule has 2 unspecified atom stereocenters. The minimum Gasteiger partial charge on any atom is -0.489 e. The van der Waals surface area contributed by atoms with E-state index in [9.17, 15) is 5.21 Å². The molecule has 0 saturated carbocycles. The predicted molar refractivity (Wildman–Crippen MR) is 107 cm³/mol. The number of nitrogens with zero attached hydrogens (tertiary/aromatic N) is 1. The normalized spacial score (nSPS) is 22.6. The molecular weight excluding hydrogens is 336 g/mol. The summed E-state index contributed by atoms with van der Waals surface area (Å²) in [6.45, 7) is 0.553. The summed E-state index contributed by atoms with van der Waals surface area (Å²) in [5, 5.41) is 14.4. The van der Waals surface area contributed by atoms with Crippen molar-refractivity contribution in [3.05, 3.63) is 77.5 Å². The number of aromatic amines is 1. The first-order chi connectivity index (χ1) is 13.3. The fourth-order valence-corrected chi connectivity index (χ4v) is 4.51. The lowest BCUT2D eigenvalue weighted by molar-refractivity contribution is 0.306. The number of benzene rings is 2.